The molecule has 9 nitrogen and oxygen atoms in total. The highest BCUT2D eigenvalue weighted by atomic mass is 16.2. The van der Waals surface area contributed by atoms with Gasteiger partial charge in [-0.15, -0.1) is 5.10 Å². The van der Waals surface area contributed by atoms with Crippen LogP contribution in [0.15, 0.2) is 47.5 Å². The molecule has 9 heteroatoms. The van der Waals surface area contributed by atoms with Crippen molar-refractivity contribution >= 4 is 22.8 Å². The number of fused-ring (bicyclic) bond motifs is 1. The Morgan fingerprint density at radius 1 is 1.00 bits per heavy atom. The van der Waals surface area contributed by atoms with Gasteiger partial charge in [0.1, 0.15) is 12.1 Å². The topological polar surface area (TPSA) is 97.1 Å². The average Bonchev–Trinajstić information content (AvgIpc) is 2.71. The molecule has 2 aromatic heterocycles. The molecule has 132 valence electrons. The molecule has 1 fully saturated rings. The van der Waals surface area contributed by atoms with Crippen molar-refractivity contribution in [2.75, 3.05) is 31.1 Å². The van der Waals surface area contributed by atoms with E-state index in [-0.39, 0.29) is 18.0 Å². The van der Waals surface area contributed by atoms with Crippen LogP contribution in [0.5, 0.6) is 0 Å². The van der Waals surface area contributed by atoms with Crippen LogP contribution in [-0.4, -0.2) is 61.9 Å². The van der Waals surface area contributed by atoms with Crippen molar-refractivity contribution in [3.63, 3.8) is 0 Å². The van der Waals surface area contributed by atoms with Crippen LogP contribution in [0.1, 0.15) is 0 Å². The third-order valence-corrected chi connectivity index (χ3v) is 4.38. The van der Waals surface area contributed by atoms with Crippen molar-refractivity contribution in [2.24, 2.45) is 0 Å². The number of amides is 1. The van der Waals surface area contributed by atoms with Gasteiger partial charge in [0.2, 0.25) is 11.9 Å². The summed E-state index contributed by atoms with van der Waals surface area (Å²) < 4.78 is 1.12. The van der Waals surface area contributed by atoms with Crippen LogP contribution in [-0.2, 0) is 11.3 Å². The van der Waals surface area contributed by atoms with Crippen molar-refractivity contribution in [1.82, 2.24) is 29.9 Å². The molecule has 3 heterocycles. The SMILES string of the molecule is O=C(Cn1nnc2ccccc2c1=O)N1CCN(c2ncccn2)CC1. The van der Waals surface area contributed by atoms with Crippen LogP contribution in [0.2, 0.25) is 0 Å². The van der Waals surface area contributed by atoms with Gasteiger partial charge in [-0.05, 0) is 18.2 Å². The quantitative estimate of drug-likeness (QED) is 0.651. The van der Waals surface area contributed by atoms with Crippen LogP contribution in [0.3, 0.4) is 0 Å². The zero-order chi connectivity index (χ0) is 17.9. The highest BCUT2D eigenvalue weighted by Crippen LogP contribution is 2.10. The minimum atomic E-state index is -0.305. The third kappa shape index (κ3) is 3.10. The number of piperazine rings is 1. The summed E-state index contributed by atoms with van der Waals surface area (Å²) in [6, 6.07) is 8.74. The first-order valence-electron chi connectivity index (χ1n) is 8.34. The molecule has 1 aliphatic rings. The lowest BCUT2D eigenvalue weighted by Gasteiger charge is -2.34. The Kier molecular flexibility index (Phi) is 4.26. The van der Waals surface area contributed by atoms with E-state index in [9.17, 15) is 9.59 Å². The van der Waals surface area contributed by atoms with E-state index in [1.807, 2.05) is 4.90 Å². The van der Waals surface area contributed by atoms with Gasteiger partial charge in [-0.25, -0.2) is 14.6 Å². The van der Waals surface area contributed by atoms with Crippen molar-refractivity contribution < 1.29 is 4.79 Å². The molecule has 4 rings (SSSR count). The zero-order valence-electron chi connectivity index (χ0n) is 14.0. The lowest BCUT2D eigenvalue weighted by molar-refractivity contribution is -0.132. The lowest BCUT2D eigenvalue weighted by atomic mass is 10.2. The summed E-state index contributed by atoms with van der Waals surface area (Å²) in [7, 11) is 0. The predicted octanol–water partition coefficient (Wildman–Crippen LogP) is -0.0697. The van der Waals surface area contributed by atoms with Gasteiger partial charge in [0, 0.05) is 38.6 Å². The van der Waals surface area contributed by atoms with Gasteiger partial charge in [-0.2, -0.15) is 0 Å². The van der Waals surface area contributed by atoms with Gasteiger partial charge in [0.15, 0.2) is 0 Å². The molecule has 0 bridgehead atoms. The van der Waals surface area contributed by atoms with Crippen molar-refractivity contribution in [3.05, 3.63) is 53.1 Å². The normalized spacial score (nSPS) is 14.6. The predicted molar refractivity (Wildman–Crippen MR) is 94.6 cm³/mol. The molecule has 0 atom stereocenters. The molecule has 1 aliphatic heterocycles. The van der Waals surface area contributed by atoms with E-state index < -0.39 is 0 Å². The molecule has 26 heavy (non-hydrogen) atoms. The first-order valence-corrected chi connectivity index (χ1v) is 8.34. The van der Waals surface area contributed by atoms with Crippen molar-refractivity contribution in [3.8, 4) is 0 Å². The molecule has 1 aromatic carbocycles. The van der Waals surface area contributed by atoms with Gasteiger partial charge in [0.05, 0.1) is 5.39 Å². The van der Waals surface area contributed by atoms with Gasteiger partial charge < -0.3 is 9.80 Å². The molecule has 3 aromatic rings. The van der Waals surface area contributed by atoms with E-state index in [0.29, 0.717) is 43.0 Å². The summed E-state index contributed by atoms with van der Waals surface area (Å²) in [6.07, 6.45) is 3.40. The van der Waals surface area contributed by atoms with Crippen molar-refractivity contribution in [2.45, 2.75) is 6.54 Å². The number of anilines is 1. The first kappa shape index (κ1) is 16.1. The molecule has 0 spiro atoms. The van der Waals surface area contributed by atoms with Gasteiger partial charge in [-0.3, -0.25) is 9.59 Å². The number of aromatic nitrogens is 5. The molecular weight excluding hydrogens is 334 g/mol. The Hall–Kier alpha value is -3.36. The van der Waals surface area contributed by atoms with Gasteiger partial charge in [0.25, 0.3) is 5.56 Å². The molecule has 1 amide bonds. The molecule has 0 radical (unpaired) electrons. The monoisotopic (exact) mass is 351 g/mol. The highest BCUT2D eigenvalue weighted by Gasteiger charge is 2.23. The number of hydrogen-bond donors (Lipinski definition) is 0. The summed E-state index contributed by atoms with van der Waals surface area (Å²) in [6.45, 7) is 2.28. The van der Waals surface area contributed by atoms with E-state index in [1.54, 1.807) is 47.6 Å². The molecule has 0 N–H and O–H groups in total. The Morgan fingerprint density at radius 2 is 1.73 bits per heavy atom. The fraction of sp³-hybridized carbons (Fsp3) is 0.294. The van der Waals surface area contributed by atoms with E-state index in [4.69, 9.17) is 0 Å². The summed E-state index contributed by atoms with van der Waals surface area (Å²) in [5, 5.41) is 8.35. The van der Waals surface area contributed by atoms with Gasteiger partial charge in [-0.1, -0.05) is 17.3 Å². The van der Waals surface area contributed by atoms with Crippen LogP contribution in [0.25, 0.3) is 10.9 Å². The second-order valence-corrected chi connectivity index (χ2v) is 5.99. The zero-order valence-corrected chi connectivity index (χ0v) is 14.0. The lowest BCUT2D eigenvalue weighted by Crippen LogP contribution is -2.50. The van der Waals surface area contributed by atoms with E-state index >= 15 is 0 Å². The Morgan fingerprint density at radius 3 is 2.50 bits per heavy atom. The number of benzene rings is 1. The standard InChI is InChI=1S/C17H17N7O2/c25-15(12-24-16(26)13-4-1-2-5-14(13)20-21-24)22-8-10-23(11-9-22)17-18-6-3-7-19-17/h1-7H,8-12H2. The number of rotatable bonds is 3. The molecule has 0 aliphatic carbocycles. The second kappa shape index (κ2) is 6.87. The maximum atomic E-state index is 12.5. The molecule has 0 unspecified atom stereocenters. The smallest absolute Gasteiger partial charge is 0.278 e. The maximum Gasteiger partial charge on any atom is 0.278 e. The Balaban J connectivity index is 1.43. The van der Waals surface area contributed by atoms with Crippen LogP contribution in [0.4, 0.5) is 5.95 Å². The fourth-order valence-electron chi connectivity index (χ4n) is 2.97. The van der Waals surface area contributed by atoms with Gasteiger partial charge >= 0.3 is 0 Å². The first-order chi connectivity index (χ1) is 12.7. The number of carbonyl (C=O) groups excluding carboxylic acids is 1. The third-order valence-electron chi connectivity index (χ3n) is 4.38. The molecule has 1 saturated heterocycles. The summed E-state index contributed by atoms with van der Waals surface area (Å²) in [4.78, 5) is 37.2. The van der Waals surface area contributed by atoms with Crippen molar-refractivity contribution in [1.29, 1.82) is 0 Å². The maximum absolute atomic E-state index is 12.5. The minimum Gasteiger partial charge on any atom is -0.338 e. The second-order valence-electron chi connectivity index (χ2n) is 5.99. The number of carbonyl (C=O) groups is 1. The minimum absolute atomic E-state index is 0.113. The van der Waals surface area contributed by atoms with E-state index in [2.05, 4.69) is 20.3 Å². The Bertz CT molecular complexity index is 981. The van der Waals surface area contributed by atoms with E-state index in [1.165, 1.54) is 0 Å². The van der Waals surface area contributed by atoms with Crippen LogP contribution < -0.4 is 10.5 Å². The fourth-order valence-corrected chi connectivity index (χ4v) is 2.97. The number of nitrogens with zero attached hydrogens (tertiary/aromatic N) is 7. The van der Waals surface area contributed by atoms with Crippen LogP contribution in [0, 0.1) is 0 Å². The summed E-state index contributed by atoms with van der Waals surface area (Å²) in [5.74, 6) is 0.515. The average molecular weight is 351 g/mol. The number of hydrogen-bond acceptors (Lipinski definition) is 7. The molecule has 0 saturated carbocycles. The summed E-state index contributed by atoms with van der Waals surface area (Å²) in [5.41, 5.74) is 0.220. The summed E-state index contributed by atoms with van der Waals surface area (Å²) >= 11 is 0. The molecular formula is C17H17N7O2. The highest BCUT2D eigenvalue weighted by molar-refractivity contribution is 5.78. The van der Waals surface area contributed by atoms with Crippen LogP contribution >= 0.6 is 0 Å². The largest absolute Gasteiger partial charge is 0.338 e. The van der Waals surface area contributed by atoms with E-state index in [0.717, 1.165) is 4.68 Å². The Labute approximate surface area is 148 Å².